The second-order valence-electron chi connectivity index (χ2n) is 10.9. The molecule has 1 aromatic heterocycles. The van der Waals surface area contributed by atoms with Gasteiger partial charge in [0.2, 0.25) is 11.9 Å². The molecule has 6 rings (SSSR count). The van der Waals surface area contributed by atoms with Gasteiger partial charge in [-0.3, -0.25) is 9.69 Å². The minimum absolute atomic E-state index is 0.0923. The molecule has 1 amide bonds. The van der Waals surface area contributed by atoms with E-state index in [-0.39, 0.29) is 5.91 Å². The van der Waals surface area contributed by atoms with Crippen molar-refractivity contribution in [2.24, 2.45) is 0 Å². The third-order valence-electron chi connectivity index (χ3n) is 7.86. The molecule has 2 N–H and O–H groups in total. The van der Waals surface area contributed by atoms with E-state index in [0.717, 1.165) is 55.4 Å². The van der Waals surface area contributed by atoms with Gasteiger partial charge in [-0.15, -0.1) is 0 Å². The SMILES string of the molecule is CC(=O)Nc1ccc(-c2ccnc(Nc3ccc(N4CCN(CC(c5ccccc5)c5ccccc5)CC4)cc3)n2)cc1. The van der Waals surface area contributed by atoms with Gasteiger partial charge in [-0.05, 0) is 53.6 Å². The summed E-state index contributed by atoms with van der Waals surface area (Å²) in [6.45, 7) is 6.57. The molecule has 0 atom stereocenters. The summed E-state index contributed by atoms with van der Waals surface area (Å²) in [7, 11) is 0. The number of nitrogens with zero attached hydrogens (tertiary/aromatic N) is 4. The van der Waals surface area contributed by atoms with E-state index in [1.54, 1.807) is 6.20 Å². The van der Waals surface area contributed by atoms with E-state index in [4.69, 9.17) is 4.98 Å². The van der Waals surface area contributed by atoms with Gasteiger partial charge in [0.25, 0.3) is 0 Å². The lowest BCUT2D eigenvalue weighted by atomic mass is 9.90. The van der Waals surface area contributed by atoms with E-state index in [2.05, 4.69) is 110 Å². The Bertz CT molecular complexity index is 1580. The van der Waals surface area contributed by atoms with Crippen LogP contribution < -0.4 is 15.5 Å². The Balaban J connectivity index is 1.05. The maximum atomic E-state index is 11.3. The molecule has 1 aliphatic heterocycles. The number of carbonyl (C=O) groups excluding carboxylic acids is 1. The van der Waals surface area contributed by atoms with Crippen LogP contribution in [0.2, 0.25) is 0 Å². The summed E-state index contributed by atoms with van der Waals surface area (Å²) in [6.07, 6.45) is 1.75. The quantitative estimate of drug-likeness (QED) is 0.204. The average molecular weight is 569 g/mol. The predicted molar refractivity (Wildman–Crippen MR) is 175 cm³/mol. The highest BCUT2D eigenvalue weighted by molar-refractivity contribution is 5.88. The maximum absolute atomic E-state index is 11.3. The number of nitrogens with one attached hydrogen (secondary N) is 2. The first-order chi connectivity index (χ1) is 21.1. The summed E-state index contributed by atoms with van der Waals surface area (Å²) in [6, 6.07) is 39.7. The zero-order valence-electron chi connectivity index (χ0n) is 24.4. The van der Waals surface area contributed by atoms with Crippen LogP contribution >= 0.6 is 0 Å². The van der Waals surface area contributed by atoms with Crippen molar-refractivity contribution in [1.29, 1.82) is 0 Å². The molecule has 1 aliphatic rings. The van der Waals surface area contributed by atoms with Crippen molar-refractivity contribution in [3.63, 3.8) is 0 Å². The molecule has 0 aliphatic carbocycles. The zero-order valence-corrected chi connectivity index (χ0v) is 24.4. The molecule has 4 aromatic carbocycles. The number of benzene rings is 4. The molecule has 0 saturated carbocycles. The second kappa shape index (κ2) is 13.3. The first-order valence-corrected chi connectivity index (χ1v) is 14.8. The summed E-state index contributed by atoms with van der Waals surface area (Å²) in [5.74, 6) is 0.810. The fourth-order valence-corrected chi connectivity index (χ4v) is 5.61. The lowest BCUT2D eigenvalue weighted by molar-refractivity contribution is -0.114. The molecule has 43 heavy (non-hydrogen) atoms. The van der Waals surface area contributed by atoms with Crippen molar-refractivity contribution < 1.29 is 4.79 Å². The number of rotatable bonds is 9. The molecule has 0 radical (unpaired) electrons. The summed E-state index contributed by atoms with van der Waals surface area (Å²) in [4.78, 5) is 25.4. The van der Waals surface area contributed by atoms with Crippen LogP contribution in [0.25, 0.3) is 11.3 Å². The Morgan fingerprint density at radius 1 is 0.744 bits per heavy atom. The first-order valence-electron chi connectivity index (χ1n) is 14.8. The highest BCUT2D eigenvalue weighted by Gasteiger charge is 2.22. The maximum Gasteiger partial charge on any atom is 0.227 e. The number of piperazine rings is 1. The van der Waals surface area contributed by atoms with Crippen LogP contribution in [0.4, 0.5) is 23.0 Å². The van der Waals surface area contributed by atoms with Crippen molar-refractivity contribution in [3.8, 4) is 11.3 Å². The van der Waals surface area contributed by atoms with Crippen LogP contribution in [0.5, 0.6) is 0 Å². The van der Waals surface area contributed by atoms with Crippen molar-refractivity contribution in [3.05, 3.63) is 133 Å². The van der Waals surface area contributed by atoms with Crippen molar-refractivity contribution in [2.75, 3.05) is 48.3 Å². The first kappa shape index (κ1) is 28.1. The number of hydrogen-bond acceptors (Lipinski definition) is 6. The van der Waals surface area contributed by atoms with E-state index >= 15 is 0 Å². The molecule has 0 spiro atoms. The van der Waals surface area contributed by atoms with Crippen LogP contribution in [-0.2, 0) is 4.79 Å². The third kappa shape index (κ3) is 7.26. The van der Waals surface area contributed by atoms with Crippen molar-refractivity contribution in [2.45, 2.75) is 12.8 Å². The molecule has 1 saturated heterocycles. The van der Waals surface area contributed by atoms with Gasteiger partial charge in [-0.25, -0.2) is 9.97 Å². The van der Waals surface area contributed by atoms with Crippen LogP contribution in [0, 0.1) is 0 Å². The molecule has 2 heterocycles. The van der Waals surface area contributed by atoms with Gasteiger partial charge in [0.1, 0.15) is 0 Å². The standard InChI is InChI=1S/C36H36N6O/c1-27(43)38-31-14-12-30(13-15-31)35-20-21-37-36(40-35)39-32-16-18-33(19-17-32)42-24-22-41(23-25-42)26-34(28-8-4-2-5-9-28)29-10-6-3-7-11-29/h2-21,34H,22-26H2,1H3,(H,38,43)(H,37,39,40). The highest BCUT2D eigenvalue weighted by Crippen LogP contribution is 2.28. The van der Waals surface area contributed by atoms with Crippen LogP contribution in [0.1, 0.15) is 24.0 Å². The smallest absolute Gasteiger partial charge is 0.227 e. The van der Waals surface area contributed by atoms with Gasteiger partial charge in [-0.1, -0.05) is 72.8 Å². The molecule has 1 fully saturated rings. The Hall–Kier alpha value is -5.01. The third-order valence-corrected chi connectivity index (χ3v) is 7.86. The van der Waals surface area contributed by atoms with Gasteiger partial charge < -0.3 is 15.5 Å². The monoisotopic (exact) mass is 568 g/mol. The Morgan fingerprint density at radius 2 is 1.35 bits per heavy atom. The van der Waals surface area contributed by atoms with Gasteiger partial charge in [-0.2, -0.15) is 0 Å². The number of amides is 1. The summed E-state index contributed by atoms with van der Waals surface area (Å²) in [5.41, 5.74) is 7.42. The minimum atomic E-state index is -0.0923. The number of hydrogen-bond donors (Lipinski definition) is 2. The molecule has 0 bridgehead atoms. The van der Waals surface area contributed by atoms with Crippen molar-refractivity contribution >= 4 is 28.9 Å². The zero-order chi connectivity index (χ0) is 29.4. The topological polar surface area (TPSA) is 73.4 Å². The lowest BCUT2D eigenvalue weighted by Gasteiger charge is -2.38. The van der Waals surface area contributed by atoms with Crippen LogP contribution in [0.3, 0.4) is 0 Å². The van der Waals surface area contributed by atoms with Crippen LogP contribution in [0.15, 0.2) is 121 Å². The minimum Gasteiger partial charge on any atom is -0.369 e. The van der Waals surface area contributed by atoms with E-state index in [1.807, 2.05) is 30.3 Å². The average Bonchev–Trinajstić information content (AvgIpc) is 3.05. The fraction of sp³-hybridized carbons (Fsp3) is 0.194. The van der Waals surface area contributed by atoms with Gasteiger partial charge in [0, 0.05) is 74.4 Å². The lowest BCUT2D eigenvalue weighted by Crippen LogP contribution is -2.47. The highest BCUT2D eigenvalue weighted by atomic mass is 16.1. The largest absolute Gasteiger partial charge is 0.369 e. The van der Waals surface area contributed by atoms with Crippen molar-refractivity contribution in [1.82, 2.24) is 14.9 Å². The summed E-state index contributed by atoms with van der Waals surface area (Å²) < 4.78 is 0. The Morgan fingerprint density at radius 3 is 1.95 bits per heavy atom. The Labute approximate surface area is 253 Å². The van der Waals surface area contributed by atoms with E-state index in [0.29, 0.717) is 11.9 Å². The normalized spacial score (nSPS) is 13.6. The fourth-order valence-electron chi connectivity index (χ4n) is 5.61. The van der Waals surface area contributed by atoms with E-state index in [9.17, 15) is 4.79 Å². The van der Waals surface area contributed by atoms with Gasteiger partial charge in [0.05, 0.1) is 5.69 Å². The number of carbonyl (C=O) groups is 1. The molecular formula is C36H36N6O. The van der Waals surface area contributed by atoms with Gasteiger partial charge in [0.15, 0.2) is 0 Å². The number of anilines is 4. The van der Waals surface area contributed by atoms with Gasteiger partial charge >= 0.3 is 0 Å². The number of aromatic nitrogens is 2. The molecule has 5 aromatic rings. The molecule has 7 nitrogen and oxygen atoms in total. The second-order valence-corrected chi connectivity index (χ2v) is 10.9. The summed E-state index contributed by atoms with van der Waals surface area (Å²) in [5, 5.41) is 6.12. The molecular weight excluding hydrogens is 532 g/mol. The molecule has 7 heteroatoms. The van der Waals surface area contributed by atoms with Crippen LogP contribution in [-0.4, -0.2) is 53.5 Å². The Kier molecular flexibility index (Phi) is 8.71. The summed E-state index contributed by atoms with van der Waals surface area (Å²) >= 11 is 0. The molecule has 0 unspecified atom stereocenters. The predicted octanol–water partition coefficient (Wildman–Crippen LogP) is 6.80. The molecule has 216 valence electrons. The van der Waals surface area contributed by atoms with E-state index in [1.165, 1.54) is 23.7 Å². The van der Waals surface area contributed by atoms with E-state index < -0.39 is 0 Å².